The summed E-state index contributed by atoms with van der Waals surface area (Å²) in [6.07, 6.45) is 0. The minimum atomic E-state index is -6.00. The van der Waals surface area contributed by atoms with Crippen molar-refractivity contribution in [2.45, 2.75) is 0 Å². The van der Waals surface area contributed by atoms with Crippen molar-refractivity contribution in [2.75, 3.05) is 6.54 Å². The maximum Gasteiger partial charge on any atom is 0.673 e. The second-order valence-corrected chi connectivity index (χ2v) is 1.09. The van der Waals surface area contributed by atoms with Gasteiger partial charge in [-0.1, -0.05) is 0 Å². The van der Waals surface area contributed by atoms with E-state index in [1.807, 2.05) is 0 Å². The molecule has 0 spiro atoms. The third kappa shape index (κ3) is 189. The molecule has 0 amide bonds. The van der Waals surface area contributed by atoms with E-state index in [-0.39, 0.29) is 6.54 Å². The predicted octanol–water partition coefficient (Wildman–Crippen LogP) is 0.330. The molecule has 62 valence electrons. The van der Waals surface area contributed by atoms with Crippen LogP contribution in [-0.2, 0) is 4.79 Å². The maximum atomic E-state index is 9.75. The van der Waals surface area contributed by atoms with Crippen LogP contribution < -0.4 is 5.73 Å². The molecule has 0 aliphatic rings. The van der Waals surface area contributed by atoms with Gasteiger partial charge in [0.1, 0.15) is 0 Å². The Morgan fingerprint density at radius 1 is 1.40 bits per heavy atom. The Bertz CT molecular complexity index is 97.9. The second-order valence-electron chi connectivity index (χ2n) is 1.09. The number of carbonyl (C=O) groups is 1. The van der Waals surface area contributed by atoms with Gasteiger partial charge >= 0.3 is 13.2 Å². The third-order valence-corrected chi connectivity index (χ3v) is 0.175. The number of hydrogen-bond donors (Lipinski definition) is 2. The monoisotopic (exact) mass is 162 g/mol. The van der Waals surface area contributed by atoms with Gasteiger partial charge in [-0.15, -0.1) is 0 Å². The van der Waals surface area contributed by atoms with E-state index < -0.39 is 13.2 Å². The van der Waals surface area contributed by atoms with Gasteiger partial charge in [-0.3, -0.25) is 4.79 Å². The Kier molecular flexibility index (Phi) is 6.02. The van der Waals surface area contributed by atoms with Crippen molar-refractivity contribution in [1.82, 2.24) is 0 Å². The molecular weight excluding hydrogens is 157 g/mol. The molecule has 0 fully saturated rings. The van der Waals surface area contributed by atoms with Crippen molar-refractivity contribution in [3.63, 3.8) is 0 Å². The number of aliphatic carboxylic acids is 1. The molecule has 0 saturated carbocycles. The Morgan fingerprint density at radius 2 is 1.50 bits per heavy atom. The lowest BCUT2D eigenvalue weighted by Crippen LogP contribution is -2.10. The summed E-state index contributed by atoms with van der Waals surface area (Å²) in [5.41, 5.74) is 4.57. The van der Waals surface area contributed by atoms with Gasteiger partial charge in [-0.25, -0.2) is 0 Å². The first kappa shape index (κ1) is 11.9. The fourth-order valence-electron chi connectivity index (χ4n) is 0. The van der Waals surface area contributed by atoms with Crippen LogP contribution in [0.2, 0.25) is 0 Å². The zero-order valence-electron chi connectivity index (χ0n) is 4.73. The van der Waals surface area contributed by atoms with E-state index in [1.54, 1.807) is 0 Å². The van der Waals surface area contributed by atoms with Crippen molar-refractivity contribution in [3.05, 3.63) is 0 Å². The quantitative estimate of drug-likeness (QED) is 0.431. The van der Waals surface area contributed by atoms with Crippen LogP contribution in [0.1, 0.15) is 0 Å². The lowest BCUT2D eigenvalue weighted by atomic mass is 10.3. The van der Waals surface area contributed by atoms with E-state index in [0.717, 1.165) is 0 Å². The zero-order chi connectivity index (χ0) is 8.78. The smallest absolute Gasteiger partial charge is 0.480 e. The second kappa shape index (κ2) is 5.04. The molecule has 0 aromatic carbocycles. The third-order valence-electron chi connectivity index (χ3n) is 0.175. The number of rotatable bonds is 1. The Balaban J connectivity index is 0. The lowest BCUT2D eigenvalue weighted by Gasteiger charge is -1.94. The first-order valence-electron chi connectivity index (χ1n) is 2.06. The topological polar surface area (TPSA) is 63.3 Å². The zero-order valence-corrected chi connectivity index (χ0v) is 4.73. The number of carboxylic acid groups (broad SMARTS) is 1. The summed E-state index contributed by atoms with van der Waals surface area (Å²) in [6, 6.07) is 0. The predicted molar refractivity (Wildman–Crippen MR) is 26.9 cm³/mol. The first-order chi connectivity index (χ1) is 4.27. The SMILES string of the molecule is F[B-](F)(F)F.NCC(=O)O. The molecule has 0 saturated heterocycles. The molecule has 3 N–H and O–H groups in total. The summed E-state index contributed by atoms with van der Waals surface area (Å²) < 4.78 is 39.0. The molecule has 0 radical (unpaired) electrons. The number of hydrogen-bond acceptors (Lipinski definition) is 2. The van der Waals surface area contributed by atoms with Gasteiger partial charge in [0, 0.05) is 0 Å². The highest BCUT2D eigenvalue weighted by atomic mass is 19.5. The molecule has 0 aliphatic heterocycles. The highest BCUT2D eigenvalue weighted by Crippen LogP contribution is 2.06. The highest BCUT2D eigenvalue weighted by molar-refractivity contribution is 6.50. The molecule has 3 nitrogen and oxygen atoms in total. The summed E-state index contributed by atoms with van der Waals surface area (Å²) in [4.78, 5) is 9.24. The van der Waals surface area contributed by atoms with Crippen LogP contribution in [0.25, 0.3) is 0 Å². The fraction of sp³-hybridized carbons (Fsp3) is 0.500. The maximum absolute atomic E-state index is 9.75. The van der Waals surface area contributed by atoms with Gasteiger partial charge in [-0.2, -0.15) is 0 Å². The van der Waals surface area contributed by atoms with Crippen LogP contribution in [0.5, 0.6) is 0 Å². The summed E-state index contributed by atoms with van der Waals surface area (Å²) in [6.45, 7) is -0.278. The van der Waals surface area contributed by atoms with Crippen LogP contribution in [-0.4, -0.2) is 24.9 Å². The summed E-state index contributed by atoms with van der Waals surface area (Å²) in [5, 5.41) is 7.60. The van der Waals surface area contributed by atoms with E-state index >= 15 is 0 Å². The molecule has 0 bridgehead atoms. The highest BCUT2D eigenvalue weighted by Gasteiger charge is 2.20. The van der Waals surface area contributed by atoms with Gasteiger partial charge in [0.15, 0.2) is 0 Å². The molecule has 0 aliphatic carbocycles. The number of nitrogens with two attached hydrogens (primary N) is 1. The lowest BCUT2D eigenvalue weighted by molar-refractivity contribution is -0.135. The standard InChI is InChI=1S/C2H5NO2.BF4/c3-1-2(4)5;2-1(3,4)5/h1,3H2,(H,4,5);/q;-1. The molecule has 8 heteroatoms. The minimum absolute atomic E-state index is 0.278. The van der Waals surface area contributed by atoms with Crippen LogP contribution in [0, 0.1) is 0 Å². The van der Waals surface area contributed by atoms with E-state index in [4.69, 9.17) is 5.11 Å². The first-order valence-corrected chi connectivity index (χ1v) is 2.06. The van der Waals surface area contributed by atoms with Crippen LogP contribution in [0.4, 0.5) is 17.3 Å². The van der Waals surface area contributed by atoms with Gasteiger partial charge in [0.05, 0.1) is 6.54 Å². The summed E-state index contributed by atoms with van der Waals surface area (Å²) >= 11 is 0. The van der Waals surface area contributed by atoms with Crippen LogP contribution in [0.3, 0.4) is 0 Å². The Morgan fingerprint density at radius 3 is 1.50 bits per heavy atom. The Hall–Kier alpha value is -0.785. The summed E-state index contributed by atoms with van der Waals surface area (Å²) in [7, 11) is -6.00. The van der Waals surface area contributed by atoms with Gasteiger partial charge in [0.2, 0.25) is 0 Å². The molecule has 0 heterocycles. The number of carboxylic acids is 1. The molecule has 0 rings (SSSR count). The van der Waals surface area contributed by atoms with Gasteiger partial charge in [0.25, 0.3) is 0 Å². The minimum Gasteiger partial charge on any atom is -0.480 e. The van der Waals surface area contributed by atoms with E-state index in [2.05, 4.69) is 5.73 Å². The van der Waals surface area contributed by atoms with Crippen LogP contribution in [0.15, 0.2) is 0 Å². The molecule has 0 unspecified atom stereocenters. The molecular formula is C2H5BF4NO2-. The molecule has 0 aromatic rings. The van der Waals surface area contributed by atoms with Gasteiger partial charge in [-0.05, 0) is 0 Å². The van der Waals surface area contributed by atoms with Gasteiger partial charge < -0.3 is 28.1 Å². The van der Waals surface area contributed by atoms with Crippen LogP contribution >= 0.6 is 0 Å². The van der Waals surface area contributed by atoms with E-state index in [1.165, 1.54) is 0 Å². The fourth-order valence-corrected chi connectivity index (χ4v) is 0. The average molecular weight is 162 g/mol. The van der Waals surface area contributed by atoms with E-state index in [0.29, 0.717) is 0 Å². The van der Waals surface area contributed by atoms with Crippen molar-refractivity contribution in [2.24, 2.45) is 5.73 Å². The normalized spacial score (nSPS) is 9.70. The van der Waals surface area contributed by atoms with Crippen molar-refractivity contribution in [3.8, 4) is 0 Å². The van der Waals surface area contributed by atoms with E-state index in [9.17, 15) is 22.1 Å². The van der Waals surface area contributed by atoms with Crippen molar-refractivity contribution in [1.29, 1.82) is 0 Å². The molecule has 0 aromatic heterocycles. The Labute approximate surface area is 53.9 Å². The molecule has 0 atom stereocenters. The summed E-state index contributed by atoms with van der Waals surface area (Å²) in [5.74, 6) is -0.968. The number of halogens is 4. The van der Waals surface area contributed by atoms with Crippen molar-refractivity contribution >= 4 is 13.2 Å². The largest absolute Gasteiger partial charge is 0.673 e. The molecule has 10 heavy (non-hydrogen) atoms. The average Bonchev–Trinajstić information content (AvgIpc) is 1.61. The van der Waals surface area contributed by atoms with Crippen molar-refractivity contribution < 1.29 is 27.2 Å².